The van der Waals surface area contributed by atoms with Crippen LogP contribution in [0, 0.1) is 6.92 Å². The lowest BCUT2D eigenvalue weighted by Crippen LogP contribution is -2.22. The maximum Gasteiger partial charge on any atom is 0.243 e. The molecule has 0 saturated heterocycles. The number of halogens is 1. The summed E-state index contributed by atoms with van der Waals surface area (Å²) in [7, 11) is 0. The number of hydrogen-bond acceptors (Lipinski definition) is 4. The lowest BCUT2D eigenvalue weighted by molar-refractivity contribution is -0.116. The van der Waals surface area contributed by atoms with E-state index in [0.717, 1.165) is 12.0 Å². The van der Waals surface area contributed by atoms with Crippen molar-refractivity contribution in [3.05, 3.63) is 47.0 Å². The maximum atomic E-state index is 12.4. The number of anilines is 4. The van der Waals surface area contributed by atoms with Crippen LogP contribution < -0.4 is 21.3 Å². The summed E-state index contributed by atoms with van der Waals surface area (Å²) in [5.41, 5.74) is 3.31. The summed E-state index contributed by atoms with van der Waals surface area (Å²) in [5, 5.41) is 11.8. The largest absolute Gasteiger partial charge is 0.376 e. The first-order chi connectivity index (χ1) is 14.3. The predicted molar refractivity (Wildman–Crippen MR) is 122 cm³/mol. The minimum atomic E-state index is -0.298. The van der Waals surface area contributed by atoms with E-state index in [9.17, 15) is 14.4 Å². The fourth-order valence-electron chi connectivity index (χ4n) is 2.63. The minimum Gasteiger partial charge on any atom is -0.376 e. The Kier molecular flexibility index (Phi) is 8.68. The second kappa shape index (κ2) is 11.2. The molecule has 2 aromatic rings. The molecule has 160 valence electrons. The molecular formula is C22H27ClN4O3. The molecule has 7 nitrogen and oxygen atoms in total. The first-order valence-electron chi connectivity index (χ1n) is 9.86. The topological polar surface area (TPSA) is 99.3 Å². The molecule has 8 heteroatoms. The lowest BCUT2D eigenvalue weighted by atomic mass is 10.1. The number of rotatable bonds is 9. The first-order valence-corrected chi connectivity index (χ1v) is 10.2. The molecule has 0 saturated carbocycles. The van der Waals surface area contributed by atoms with E-state index in [0.29, 0.717) is 40.6 Å². The summed E-state index contributed by atoms with van der Waals surface area (Å²) in [6.07, 6.45) is 1.56. The monoisotopic (exact) mass is 430 g/mol. The zero-order chi connectivity index (χ0) is 22.1. The number of nitrogens with one attached hydrogen (secondary N) is 4. The number of benzene rings is 2. The van der Waals surface area contributed by atoms with Crippen molar-refractivity contribution in [2.75, 3.05) is 27.8 Å². The fraction of sp³-hybridized carbons (Fsp3) is 0.318. The van der Waals surface area contributed by atoms with Crippen molar-refractivity contribution >= 4 is 52.1 Å². The Morgan fingerprint density at radius 2 is 1.50 bits per heavy atom. The van der Waals surface area contributed by atoms with Crippen molar-refractivity contribution < 1.29 is 14.4 Å². The van der Waals surface area contributed by atoms with Crippen molar-refractivity contribution in [1.82, 2.24) is 0 Å². The molecule has 3 amide bonds. The normalized spacial score (nSPS) is 10.3. The molecule has 0 aliphatic heterocycles. The third-order valence-electron chi connectivity index (χ3n) is 4.29. The molecule has 0 radical (unpaired) electrons. The molecule has 0 aliphatic carbocycles. The van der Waals surface area contributed by atoms with Gasteiger partial charge in [-0.3, -0.25) is 14.4 Å². The van der Waals surface area contributed by atoms with Crippen LogP contribution >= 0.6 is 11.6 Å². The second-order valence-electron chi connectivity index (χ2n) is 6.83. The van der Waals surface area contributed by atoms with Gasteiger partial charge in [-0.1, -0.05) is 31.5 Å². The zero-order valence-corrected chi connectivity index (χ0v) is 18.2. The van der Waals surface area contributed by atoms with Gasteiger partial charge in [0.1, 0.15) is 0 Å². The summed E-state index contributed by atoms with van der Waals surface area (Å²) >= 11 is 6.17. The number of hydrogen-bond donors (Lipinski definition) is 4. The molecule has 0 spiro atoms. The summed E-state index contributed by atoms with van der Waals surface area (Å²) in [4.78, 5) is 35.8. The summed E-state index contributed by atoms with van der Waals surface area (Å²) in [5.74, 6) is -0.466. The van der Waals surface area contributed by atoms with Crippen LogP contribution in [-0.4, -0.2) is 24.3 Å². The molecule has 0 unspecified atom stereocenters. The van der Waals surface area contributed by atoms with E-state index in [1.165, 1.54) is 0 Å². The van der Waals surface area contributed by atoms with Crippen molar-refractivity contribution in [3.63, 3.8) is 0 Å². The molecule has 0 aromatic heterocycles. The third kappa shape index (κ3) is 7.08. The lowest BCUT2D eigenvalue weighted by Gasteiger charge is -2.13. The molecule has 2 rings (SSSR count). The molecule has 0 aliphatic rings. The Balaban J connectivity index is 1.98. The summed E-state index contributed by atoms with van der Waals surface area (Å²) in [6, 6.07) is 10.4. The van der Waals surface area contributed by atoms with Gasteiger partial charge in [-0.15, -0.1) is 0 Å². The van der Waals surface area contributed by atoms with E-state index >= 15 is 0 Å². The molecule has 4 N–H and O–H groups in total. The van der Waals surface area contributed by atoms with Crippen LogP contribution in [0.1, 0.15) is 38.7 Å². The third-order valence-corrected chi connectivity index (χ3v) is 4.62. The smallest absolute Gasteiger partial charge is 0.243 e. The molecule has 0 atom stereocenters. The fourth-order valence-corrected chi connectivity index (χ4v) is 2.80. The van der Waals surface area contributed by atoms with Crippen LogP contribution in [0.4, 0.5) is 22.7 Å². The molecule has 0 bridgehead atoms. The molecule has 0 heterocycles. The van der Waals surface area contributed by atoms with Crippen LogP contribution in [0.2, 0.25) is 5.02 Å². The van der Waals surface area contributed by atoms with Gasteiger partial charge < -0.3 is 21.3 Å². The Morgan fingerprint density at radius 3 is 2.20 bits per heavy atom. The summed E-state index contributed by atoms with van der Waals surface area (Å²) < 4.78 is 0. The van der Waals surface area contributed by atoms with Crippen LogP contribution in [0.25, 0.3) is 0 Å². The van der Waals surface area contributed by atoms with E-state index in [4.69, 9.17) is 11.6 Å². The van der Waals surface area contributed by atoms with Gasteiger partial charge in [0.05, 0.1) is 17.3 Å². The van der Waals surface area contributed by atoms with E-state index in [-0.39, 0.29) is 24.3 Å². The molecule has 30 heavy (non-hydrogen) atoms. The molecular weight excluding hydrogens is 404 g/mol. The number of carbonyl (C=O) groups is 3. The van der Waals surface area contributed by atoms with Gasteiger partial charge in [0.15, 0.2) is 0 Å². The highest BCUT2D eigenvalue weighted by Crippen LogP contribution is 2.26. The highest BCUT2D eigenvalue weighted by atomic mass is 35.5. The molecule has 0 fully saturated rings. The van der Waals surface area contributed by atoms with Gasteiger partial charge in [0.25, 0.3) is 0 Å². The number of aryl methyl sites for hydroxylation is 1. The van der Waals surface area contributed by atoms with E-state index in [1.807, 2.05) is 26.0 Å². The van der Waals surface area contributed by atoms with Gasteiger partial charge >= 0.3 is 0 Å². The second-order valence-corrected chi connectivity index (χ2v) is 7.23. The van der Waals surface area contributed by atoms with Crippen LogP contribution in [0.5, 0.6) is 0 Å². The number of carbonyl (C=O) groups excluding carboxylic acids is 3. The van der Waals surface area contributed by atoms with E-state index in [2.05, 4.69) is 21.3 Å². The van der Waals surface area contributed by atoms with Gasteiger partial charge in [0.2, 0.25) is 17.7 Å². The number of amides is 3. The average Bonchev–Trinajstić information content (AvgIpc) is 2.71. The SMILES string of the molecule is CCCC(=O)Nc1ccc(Cl)c(NC(=O)CNc2ccc(C)c(NC(=O)CC)c2)c1. The zero-order valence-electron chi connectivity index (χ0n) is 17.4. The Bertz CT molecular complexity index is 931. The quantitative estimate of drug-likeness (QED) is 0.459. The van der Waals surface area contributed by atoms with Crippen LogP contribution in [0.15, 0.2) is 36.4 Å². The van der Waals surface area contributed by atoms with Crippen molar-refractivity contribution in [3.8, 4) is 0 Å². The van der Waals surface area contributed by atoms with Crippen molar-refractivity contribution in [2.45, 2.75) is 40.0 Å². The predicted octanol–water partition coefficient (Wildman–Crippen LogP) is 4.79. The highest BCUT2D eigenvalue weighted by Gasteiger charge is 2.10. The van der Waals surface area contributed by atoms with Gasteiger partial charge in [-0.05, 0) is 49.2 Å². The van der Waals surface area contributed by atoms with E-state index in [1.54, 1.807) is 31.2 Å². The van der Waals surface area contributed by atoms with Gasteiger partial charge in [-0.2, -0.15) is 0 Å². The Morgan fingerprint density at radius 1 is 0.833 bits per heavy atom. The molecule has 2 aromatic carbocycles. The first kappa shape index (κ1) is 23.2. The maximum absolute atomic E-state index is 12.4. The summed E-state index contributed by atoms with van der Waals surface area (Å²) in [6.45, 7) is 5.62. The average molecular weight is 431 g/mol. The van der Waals surface area contributed by atoms with Crippen LogP contribution in [-0.2, 0) is 14.4 Å². The Labute approximate surface area is 181 Å². The van der Waals surface area contributed by atoms with Gasteiger partial charge in [-0.25, -0.2) is 0 Å². The van der Waals surface area contributed by atoms with E-state index < -0.39 is 0 Å². The van der Waals surface area contributed by atoms with Crippen LogP contribution in [0.3, 0.4) is 0 Å². The Hall–Kier alpha value is -3.06. The van der Waals surface area contributed by atoms with Crippen molar-refractivity contribution in [2.24, 2.45) is 0 Å². The highest BCUT2D eigenvalue weighted by molar-refractivity contribution is 6.33. The van der Waals surface area contributed by atoms with Crippen molar-refractivity contribution in [1.29, 1.82) is 0 Å². The minimum absolute atomic E-state index is 0.00692. The standard InChI is InChI=1S/C22H27ClN4O3/c1-4-6-21(29)25-16-9-10-17(23)19(12-16)27-22(30)13-24-15-8-7-14(3)18(11-15)26-20(28)5-2/h7-12,24H,4-6,13H2,1-3H3,(H,25,29)(H,26,28)(H,27,30). The van der Waals surface area contributed by atoms with Gasteiger partial charge in [0, 0.05) is 29.9 Å².